The van der Waals surface area contributed by atoms with Crippen molar-refractivity contribution in [2.45, 2.75) is 39.3 Å². The van der Waals surface area contributed by atoms with Gasteiger partial charge in [0, 0.05) is 6.54 Å². The van der Waals surface area contributed by atoms with Gasteiger partial charge in [-0.15, -0.1) is 0 Å². The molecule has 0 bridgehead atoms. The first kappa shape index (κ1) is 15.5. The molecule has 4 heteroatoms. The zero-order valence-electron chi connectivity index (χ0n) is 13.8. The second-order valence-corrected chi connectivity index (χ2v) is 6.71. The molecule has 22 heavy (non-hydrogen) atoms. The van der Waals surface area contributed by atoms with Gasteiger partial charge in [0.1, 0.15) is 6.10 Å². The van der Waals surface area contributed by atoms with Crippen molar-refractivity contribution in [3.63, 3.8) is 0 Å². The first-order valence-electron chi connectivity index (χ1n) is 8.26. The van der Waals surface area contributed by atoms with E-state index in [1.165, 1.54) is 16.7 Å². The van der Waals surface area contributed by atoms with Crippen molar-refractivity contribution < 1.29 is 9.53 Å². The van der Waals surface area contributed by atoms with Gasteiger partial charge in [-0.2, -0.15) is 0 Å². The Morgan fingerprint density at radius 1 is 1.36 bits per heavy atom. The number of ether oxygens (including phenoxy) is 1. The number of hydrogen-bond donors (Lipinski definition) is 1. The van der Waals surface area contributed by atoms with Crippen LogP contribution in [0.5, 0.6) is 0 Å². The normalized spacial score (nSPS) is 28.9. The highest BCUT2D eigenvalue weighted by molar-refractivity contribution is 5.80. The van der Waals surface area contributed by atoms with E-state index >= 15 is 0 Å². The third kappa shape index (κ3) is 3.03. The summed E-state index contributed by atoms with van der Waals surface area (Å²) >= 11 is 0. The predicted molar refractivity (Wildman–Crippen MR) is 86.8 cm³/mol. The van der Waals surface area contributed by atoms with E-state index in [4.69, 9.17) is 4.74 Å². The van der Waals surface area contributed by atoms with E-state index in [1.54, 1.807) is 0 Å². The summed E-state index contributed by atoms with van der Waals surface area (Å²) < 4.78 is 6.05. The van der Waals surface area contributed by atoms with Crippen molar-refractivity contribution in [3.05, 3.63) is 34.9 Å². The largest absolute Gasteiger partial charge is 0.370 e. The second-order valence-electron chi connectivity index (χ2n) is 6.71. The van der Waals surface area contributed by atoms with E-state index in [1.807, 2.05) is 4.90 Å². The minimum absolute atomic E-state index is 0.00517. The highest BCUT2D eigenvalue weighted by atomic mass is 16.5. The number of nitrogens with one attached hydrogen (secondary N) is 1. The molecule has 1 aromatic carbocycles. The number of carbonyl (C=O) groups excluding carboxylic acids is 1. The molecule has 0 aliphatic carbocycles. The SMILES string of the molecule is Cc1ccc(C)c([C@@H]2CN(C(=O)[C@@H]3CCNC3)[C@@H](C)CO2)c1. The average Bonchev–Trinajstić information content (AvgIpc) is 3.04. The molecule has 2 saturated heterocycles. The molecule has 2 aliphatic rings. The molecule has 1 N–H and O–H groups in total. The molecule has 2 aliphatic heterocycles. The van der Waals surface area contributed by atoms with Gasteiger partial charge in [0.15, 0.2) is 0 Å². The molecule has 0 aromatic heterocycles. The fourth-order valence-corrected chi connectivity index (χ4v) is 3.46. The summed E-state index contributed by atoms with van der Waals surface area (Å²) in [6.07, 6.45) is 0.950. The highest BCUT2D eigenvalue weighted by Gasteiger charge is 2.35. The van der Waals surface area contributed by atoms with Crippen LogP contribution < -0.4 is 5.32 Å². The number of benzene rings is 1. The predicted octanol–water partition coefficient (Wildman–Crippen LogP) is 2.20. The Hall–Kier alpha value is -1.39. The van der Waals surface area contributed by atoms with Gasteiger partial charge in [-0.05, 0) is 44.9 Å². The number of aryl methyl sites for hydroxylation is 2. The molecule has 0 saturated carbocycles. The summed E-state index contributed by atoms with van der Waals surface area (Å²) in [5.41, 5.74) is 3.69. The van der Waals surface area contributed by atoms with Crippen LogP contribution in [0.25, 0.3) is 0 Å². The number of amides is 1. The van der Waals surface area contributed by atoms with E-state index in [0.29, 0.717) is 13.2 Å². The Balaban J connectivity index is 1.78. The summed E-state index contributed by atoms with van der Waals surface area (Å²) in [5, 5.41) is 3.29. The van der Waals surface area contributed by atoms with Crippen molar-refractivity contribution in [2.75, 3.05) is 26.2 Å². The van der Waals surface area contributed by atoms with Crippen LogP contribution >= 0.6 is 0 Å². The average molecular weight is 302 g/mol. The lowest BCUT2D eigenvalue weighted by Gasteiger charge is -2.39. The maximum Gasteiger partial charge on any atom is 0.227 e. The molecule has 0 spiro atoms. The Morgan fingerprint density at radius 2 is 2.18 bits per heavy atom. The number of rotatable bonds is 2. The number of hydrogen-bond acceptors (Lipinski definition) is 3. The maximum atomic E-state index is 12.8. The van der Waals surface area contributed by atoms with Crippen molar-refractivity contribution in [2.24, 2.45) is 5.92 Å². The van der Waals surface area contributed by atoms with Crippen molar-refractivity contribution >= 4 is 5.91 Å². The zero-order valence-corrected chi connectivity index (χ0v) is 13.8. The van der Waals surface area contributed by atoms with Gasteiger partial charge in [-0.25, -0.2) is 0 Å². The van der Waals surface area contributed by atoms with Crippen molar-refractivity contribution in [3.8, 4) is 0 Å². The van der Waals surface area contributed by atoms with Crippen molar-refractivity contribution in [1.82, 2.24) is 10.2 Å². The number of nitrogens with zero attached hydrogens (tertiary/aromatic N) is 1. The molecule has 4 nitrogen and oxygen atoms in total. The number of morpholine rings is 1. The molecule has 0 unspecified atom stereocenters. The molecule has 2 fully saturated rings. The fourth-order valence-electron chi connectivity index (χ4n) is 3.46. The summed E-state index contributed by atoms with van der Waals surface area (Å²) in [6, 6.07) is 6.61. The third-order valence-corrected chi connectivity index (χ3v) is 4.91. The fraction of sp³-hybridized carbons (Fsp3) is 0.611. The van der Waals surface area contributed by atoms with Crippen LogP contribution in [0.15, 0.2) is 18.2 Å². The van der Waals surface area contributed by atoms with Crippen LogP contribution in [-0.4, -0.2) is 43.1 Å². The Bertz CT molecular complexity index is 552. The molecule has 3 atom stereocenters. The molecule has 1 amide bonds. The first-order valence-corrected chi connectivity index (χ1v) is 8.26. The van der Waals surface area contributed by atoms with E-state index < -0.39 is 0 Å². The minimum Gasteiger partial charge on any atom is -0.370 e. The van der Waals surface area contributed by atoms with Crippen LogP contribution in [0.2, 0.25) is 0 Å². The monoisotopic (exact) mass is 302 g/mol. The van der Waals surface area contributed by atoms with Crippen LogP contribution in [0.4, 0.5) is 0 Å². The van der Waals surface area contributed by atoms with Gasteiger partial charge >= 0.3 is 0 Å². The van der Waals surface area contributed by atoms with Crippen LogP contribution in [0.1, 0.15) is 36.1 Å². The highest BCUT2D eigenvalue weighted by Crippen LogP contribution is 2.29. The number of carbonyl (C=O) groups is 1. The third-order valence-electron chi connectivity index (χ3n) is 4.91. The first-order chi connectivity index (χ1) is 10.6. The molecular weight excluding hydrogens is 276 g/mol. The summed E-state index contributed by atoms with van der Waals surface area (Å²) in [4.78, 5) is 14.8. The van der Waals surface area contributed by atoms with E-state index in [2.05, 4.69) is 44.3 Å². The summed E-state index contributed by atoms with van der Waals surface area (Å²) in [5.74, 6) is 0.427. The van der Waals surface area contributed by atoms with E-state index in [-0.39, 0.29) is 24.0 Å². The lowest BCUT2D eigenvalue weighted by molar-refractivity contribution is -0.148. The van der Waals surface area contributed by atoms with Crippen molar-refractivity contribution in [1.29, 1.82) is 0 Å². The van der Waals surface area contributed by atoms with Crippen LogP contribution in [0, 0.1) is 19.8 Å². The molecule has 3 rings (SSSR count). The molecule has 0 radical (unpaired) electrons. The lowest BCUT2D eigenvalue weighted by atomic mass is 9.97. The topological polar surface area (TPSA) is 41.6 Å². The standard InChI is InChI=1S/C18H26N2O2/c1-12-4-5-13(2)16(8-12)17-10-20(14(3)11-22-17)18(21)15-6-7-19-9-15/h4-5,8,14-15,17,19H,6-7,9-11H2,1-3H3/t14-,15+,17-/m0/s1. The molecular formula is C18H26N2O2. The quantitative estimate of drug-likeness (QED) is 0.910. The molecule has 120 valence electrons. The van der Waals surface area contributed by atoms with Gasteiger partial charge in [-0.3, -0.25) is 4.79 Å². The van der Waals surface area contributed by atoms with E-state index in [9.17, 15) is 4.79 Å². The van der Waals surface area contributed by atoms with Gasteiger partial charge in [0.25, 0.3) is 0 Å². The minimum atomic E-state index is -0.00517. The van der Waals surface area contributed by atoms with Gasteiger partial charge in [0.05, 0.1) is 25.1 Å². The Morgan fingerprint density at radius 3 is 2.91 bits per heavy atom. The van der Waals surface area contributed by atoms with Crippen LogP contribution in [0.3, 0.4) is 0 Å². The second kappa shape index (κ2) is 6.39. The molecule has 1 aromatic rings. The summed E-state index contributed by atoms with van der Waals surface area (Å²) in [6.45, 7) is 9.35. The molecule has 2 heterocycles. The lowest BCUT2D eigenvalue weighted by Crippen LogP contribution is -2.50. The van der Waals surface area contributed by atoms with Gasteiger partial charge in [-0.1, -0.05) is 23.8 Å². The van der Waals surface area contributed by atoms with Crippen LogP contribution in [-0.2, 0) is 9.53 Å². The smallest absolute Gasteiger partial charge is 0.227 e. The Labute approximate surface area is 132 Å². The Kier molecular flexibility index (Phi) is 4.50. The van der Waals surface area contributed by atoms with E-state index in [0.717, 1.165) is 19.5 Å². The zero-order chi connectivity index (χ0) is 15.7. The summed E-state index contributed by atoms with van der Waals surface area (Å²) in [7, 11) is 0. The van der Waals surface area contributed by atoms with Gasteiger partial charge < -0.3 is 15.0 Å². The maximum absolute atomic E-state index is 12.8. The van der Waals surface area contributed by atoms with Gasteiger partial charge in [0.2, 0.25) is 5.91 Å².